The van der Waals surface area contributed by atoms with Crippen molar-refractivity contribution in [1.29, 1.82) is 0 Å². The highest BCUT2D eigenvalue weighted by Crippen LogP contribution is 2.27. The molecule has 88 valence electrons. The Morgan fingerprint density at radius 1 is 1.62 bits per heavy atom. The first-order valence-corrected chi connectivity index (χ1v) is 6.83. The number of hydrogen-bond donors (Lipinski definition) is 0. The minimum absolute atomic E-state index is 0.131. The zero-order valence-corrected chi connectivity index (χ0v) is 10.4. The fourth-order valence-electron chi connectivity index (χ4n) is 1.94. The van der Waals surface area contributed by atoms with Crippen LogP contribution >= 0.6 is 11.8 Å². The Kier molecular flexibility index (Phi) is 4.04. The first kappa shape index (κ1) is 11.7. The number of nitrogens with zero attached hydrogens (tertiary/aromatic N) is 1. The van der Waals surface area contributed by atoms with E-state index in [2.05, 4.69) is 4.98 Å². The lowest BCUT2D eigenvalue weighted by Crippen LogP contribution is -2.12. The van der Waals surface area contributed by atoms with Crippen LogP contribution in [0.25, 0.3) is 0 Å². The van der Waals surface area contributed by atoms with Crippen molar-refractivity contribution in [2.45, 2.75) is 44.3 Å². The first-order valence-electron chi connectivity index (χ1n) is 5.78. The summed E-state index contributed by atoms with van der Waals surface area (Å²) >= 11 is 2.01. The van der Waals surface area contributed by atoms with Gasteiger partial charge in [0.1, 0.15) is 12.0 Å². The molecule has 1 aliphatic heterocycles. The van der Waals surface area contributed by atoms with Crippen LogP contribution in [0.1, 0.15) is 37.8 Å². The van der Waals surface area contributed by atoms with Crippen molar-refractivity contribution in [2.24, 2.45) is 0 Å². The second-order valence-electron chi connectivity index (χ2n) is 4.30. The molecule has 2 rings (SSSR count). The van der Waals surface area contributed by atoms with E-state index in [4.69, 9.17) is 4.42 Å². The molecule has 4 heteroatoms. The summed E-state index contributed by atoms with van der Waals surface area (Å²) in [7, 11) is 0. The van der Waals surface area contributed by atoms with E-state index < -0.39 is 0 Å². The molecule has 1 aliphatic rings. The maximum Gasteiger partial charge on any atom is 0.195 e. The molecular formula is C12H17NO2S. The van der Waals surface area contributed by atoms with E-state index in [0.29, 0.717) is 11.7 Å². The molecule has 0 aromatic carbocycles. The average Bonchev–Trinajstić information content (AvgIpc) is 2.66. The number of rotatable bonds is 4. The number of Topliss-reactive ketones (excluding diaryl/α,β-unsaturated/α-hetero) is 1. The molecule has 0 aliphatic carbocycles. The van der Waals surface area contributed by atoms with E-state index in [1.165, 1.54) is 25.0 Å². The Bertz CT molecular complexity index is 356. The summed E-state index contributed by atoms with van der Waals surface area (Å²) in [4.78, 5) is 15.3. The molecule has 1 aromatic heterocycles. The lowest BCUT2D eigenvalue weighted by atomic mass is 10.1. The van der Waals surface area contributed by atoms with Gasteiger partial charge in [-0.25, -0.2) is 4.98 Å². The van der Waals surface area contributed by atoms with Crippen molar-refractivity contribution in [3.8, 4) is 0 Å². The van der Waals surface area contributed by atoms with Gasteiger partial charge in [0.2, 0.25) is 0 Å². The maximum absolute atomic E-state index is 10.9. The van der Waals surface area contributed by atoms with Gasteiger partial charge in [-0.2, -0.15) is 11.8 Å². The first-order chi connectivity index (χ1) is 7.74. The zero-order valence-electron chi connectivity index (χ0n) is 9.57. The predicted octanol–water partition coefficient (Wildman–Crippen LogP) is 2.63. The third-order valence-electron chi connectivity index (χ3n) is 2.71. The van der Waals surface area contributed by atoms with Crippen LogP contribution in [0.15, 0.2) is 10.7 Å². The molecule has 0 bridgehead atoms. The van der Waals surface area contributed by atoms with E-state index in [1.807, 2.05) is 11.8 Å². The highest BCUT2D eigenvalue weighted by molar-refractivity contribution is 7.99. The number of hydrogen-bond acceptors (Lipinski definition) is 4. The Morgan fingerprint density at radius 2 is 2.50 bits per heavy atom. The van der Waals surface area contributed by atoms with Crippen LogP contribution in [0.3, 0.4) is 0 Å². The molecule has 0 N–H and O–H groups in total. The second kappa shape index (κ2) is 5.53. The van der Waals surface area contributed by atoms with Gasteiger partial charge in [-0.1, -0.05) is 6.42 Å². The lowest BCUT2D eigenvalue weighted by molar-refractivity contribution is -0.116. The van der Waals surface area contributed by atoms with Gasteiger partial charge in [0.15, 0.2) is 5.89 Å². The Labute approximate surface area is 100 Å². The number of carbonyl (C=O) groups excluding carboxylic acids is 1. The van der Waals surface area contributed by atoms with Gasteiger partial charge in [0.25, 0.3) is 0 Å². The number of oxazole rings is 1. The van der Waals surface area contributed by atoms with Gasteiger partial charge in [0, 0.05) is 11.7 Å². The summed E-state index contributed by atoms with van der Waals surface area (Å²) in [6, 6.07) is 0. The molecule has 0 radical (unpaired) electrons. The topological polar surface area (TPSA) is 43.1 Å². The van der Waals surface area contributed by atoms with Crippen molar-refractivity contribution in [3.05, 3.63) is 17.8 Å². The molecule has 1 aromatic rings. The molecule has 1 atom stereocenters. The third-order valence-corrected chi connectivity index (χ3v) is 4.10. The summed E-state index contributed by atoms with van der Waals surface area (Å²) in [5, 5.41) is 0.651. The molecule has 1 unspecified atom stereocenters. The molecule has 0 saturated carbocycles. The van der Waals surface area contributed by atoms with E-state index in [-0.39, 0.29) is 5.78 Å². The summed E-state index contributed by atoms with van der Waals surface area (Å²) in [6.07, 6.45) is 6.82. The van der Waals surface area contributed by atoms with Crippen molar-refractivity contribution in [2.75, 3.05) is 5.75 Å². The molecule has 0 amide bonds. The third kappa shape index (κ3) is 3.37. The summed E-state index contributed by atoms with van der Waals surface area (Å²) in [6.45, 7) is 1.57. The highest BCUT2D eigenvalue weighted by Gasteiger charge is 2.17. The normalized spacial score (nSPS) is 20.9. The van der Waals surface area contributed by atoms with Crippen LogP contribution in [0.4, 0.5) is 0 Å². The number of carbonyl (C=O) groups is 1. The van der Waals surface area contributed by atoms with Crippen LogP contribution in [0.2, 0.25) is 0 Å². The van der Waals surface area contributed by atoms with Crippen LogP contribution in [0, 0.1) is 0 Å². The van der Waals surface area contributed by atoms with Crippen LogP contribution < -0.4 is 0 Å². The fourth-order valence-corrected chi connectivity index (χ4v) is 3.24. The predicted molar refractivity (Wildman–Crippen MR) is 64.7 cm³/mol. The Hall–Kier alpha value is -0.770. The molecule has 0 spiro atoms. The fraction of sp³-hybridized carbons (Fsp3) is 0.667. The molecule has 1 fully saturated rings. The van der Waals surface area contributed by atoms with Crippen molar-refractivity contribution in [1.82, 2.24) is 4.98 Å². The second-order valence-corrected chi connectivity index (χ2v) is 5.71. The van der Waals surface area contributed by atoms with Gasteiger partial charge < -0.3 is 4.42 Å². The Balaban J connectivity index is 1.88. The molecular weight excluding hydrogens is 222 g/mol. The monoisotopic (exact) mass is 239 g/mol. The van der Waals surface area contributed by atoms with Crippen LogP contribution in [-0.4, -0.2) is 21.8 Å². The van der Waals surface area contributed by atoms with Gasteiger partial charge >= 0.3 is 0 Å². The number of thioether (sulfide) groups is 1. The average molecular weight is 239 g/mol. The standard InChI is InChI=1S/C12H17NO2S/c1-9(14)6-10-8-15-12(13-10)7-11-4-2-3-5-16-11/h8,11H,2-7H2,1H3. The molecule has 16 heavy (non-hydrogen) atoms. The summed E-state index contributed by atoms with van der Waals surface area (Å²) in [5.41, 5.74) is 0.767. The quantitative estimate of drug-likeness (QED) is 0.810. The highest BCUT2D eigenvalue weighted by atomic mass is 32.2. The van der Waals surface area contributed by atoms with E-state index in [1.54, 1.807) is 13.2 Å². The maximum atomic E-state index is 10.9. The Morgan fingerprint density at radius 3 is 3.19 bits per heavy atom. The summed E-state index contributed by atoms with van der Waals surface area (Å²) < 4.78 is 5.39. The van der Waals surface area contributed by atoms with Crippen LogP contribution in [0.5, 0.6) is 0 Å². The minimum Gasteiger partial charge on any atom is -0.449 e. The molecule has 2 heterocycles. The van der Waals surface area contributed by atoms with Gasteiger partial charge in [-0.3, -0.25) is 4.79 Å². The molecule has 1 saturated heterocycles. The smallest absolute Gasteiger partial charge is 0.195 e. The number of ketones is 1. The van der Waals surface area contributed by atoms with E-state index in [9.17, 15) is 4.79 Å². The van der Waals surface area contributed by atoms with Crippen molar-refractivity contribution >= 4 is 17.5 Å². The molecule has 3 nitrogen and oxygen atoms in total. The zero-order chi connectivity index (χ0) is 11.4. The van der Waals surface area contributed by atoms with Gasteiger partial charge in [-0.05, 0) is 25.5 Å². The van der Waals surface area contributed by atoms with Gasteiger partial charge in [0.05, 0.1) is 12.1 Å². The SMILES string of the molecule is CC(=O)Cc1coc(CC2CCCCS2)n1. The van der Waals surface area contributed by atoms with E-state index in [0.717, 1.165) is 18.0 Å². The lowest BCUT2D eigenvalue weighted by Gasteiger charge is -2.19. The van der Waals surface area contributed by atoms with Crippen molar-refractivity contribution in [3.63, 3.8) is 0 Å². The number of aromatic nitrogens is 1. The van der Waals surface area contributed by atoms with Crippen LogP contribution in [-0.2, 0) is 17.6 Å². The van der Waals surface area contributed by atoms with Gasteiger partial charge in [-0.15, -0.1) is 0 Å². The largest absolute Gasteiger partial charge is 0.449 e. The van der Waals surface area contributed by atoms with E-state index >= 15 is 0 Å². The minimum atomic E-state index is 0.131. The van der Waals surface area contributed by atoms with Crippen molar-refractivity contribution < 1.29 is 9.21 Å². The summed E-state index contributed by atoms with van der Waals surface area (Å²) in [5.74, 6) is 2.17.